The smallest absolute Gasteiger partial charge is 0.253 e. The van der Waals surface area contributed by atoms with E-state index >= 15 is 0 Å². The van der Waals surface area contributed by atoms with Gasteiger partial charge in [0.05, 0.1) is 23.6 Å². The summed E-state index contributed by atoms with van der Waals surface area (Å²) in [7, 11) is 0. The number of nitrogens with zero attached hydrogens (tertiary/aromatic N) is 3. The van der Waals surface area contributed by atoms with Crippen molar-refractivity contribution in [3.63, 3.8) is 0 Å². The third kappa shape index (κ3) is 4.52. The van der Waals surface area contributed by atoms with Crippen LogP contribution >= 0.6 is 11.6 Å². The van der Waals surface area contributed by atoms with Gasteiger partial charge in [0.15, 0.2) is 0 Å². The van der Waals surface area contributed by atoms with Crippen LogP contribution in [0.5, 0.6) is 5.75 Å². The number of piperidine rings is 1. The van der Waals surface area contributed by atoms with E-state index in [-0.39, 0.29) is 17.6 Å². The lowest BCUT2D eigenvalue weighted by Gasteiger charge is -2.38. The lowest BCUT2D eigenvalue weighted by Crippen LogP contribution is -2.46. The molecular weight excluding hydrogens is 426 g/mol. The highest BCUT2D eigenvalue weighted by Crippen LogP contribution is 2.38. The molecule has 0 bridgehead atoms. The summed E-state index contributed by atoms with van der Waals surface area (Å²) in [5.74, 6) is 0.775. The van der Waals surface area contributed by atoms with Crippen molar-refractivity contribution in [3.8, 4) is 5.75 Å². The number of carbonyl (C=O) groups excluding carboxylic acids is 1. The molecule has 32 heavy (non-hydrogen) atoms. The van der Waals surface area contributed by atoms with Gasteiger partial charge in [-0.25, -0.2) is 4.98 Å². The lowest BCUT2D eigenvalue weighted by atomic mass is 9.87. The highest BCUT2D eigenvalue weighted by molar-refractivity contribution is 6.32. The summed E-state index contributed by atoms with van der Waals surface area (Å²) in [5.41, 5.74) is 1.60. The summed E-state index contributed by atoms with van der Waals surface area (Å²) in [6.45, 7) is 2.62. The van der Waals surface area contributed by atoms with Crippen molar-refractivity contribution in [3.05, 3.63) is 83.4 Å². The fraction of sp³-hybridized carbons (Fsp3) is 0.360. The first-order valence-electron chi connectivity index (χ1n) is 11.0. The zero-order valence-corrected chi connectivity index (χ0v) is 18.6. The number of hydrogen-bond acceptors (Lipinski definition) is 4. The average Bonchev–Trinajstić information content (AvgIpc) is 3.46. The highest BCUT2D eigenvalue weighted by atomic mass is 35.5. The van der Waals surface area contributed by atoms with Gasteiger partial charge in [0.2, 0.25) is 0 Å². The van der Waals surface area contributed by atoms with E-state index in [4.69, 9.17) is 21.1 Å². The molecule has 0 saturated carbocycles. The molecule has 2 aliphatic rings. The fourth-order valence-electron chi connectivity index (χ4n) is 4.64. The predicted molar refractivity (Wildman–Crippen MR) is 122 cm³/mol. The van der Waals surface area contributed by atoms with Crippen LogP contribution in [0.25, 0.3) is 0 Å². The average molecular weight is 452 g/mol. The van der Waals surface area contributed by atoms with Crippen LogP contribution in [0.2, 0.25) is 5.02 Å². The van der Waals surface area contributed by atoms with E-state index in [1.54, 1.807) is 12.5 Å². The summed E-state index contributed by atoms with van der Waals surface area (Å²) < 4.78 is 14.3. The number of para-hydroxylation sites is 1. The van der Waals surface area contributed by atoms with Gasteiger partial charge in [-0.15, -0.1) is 0 Å². The second-order valence-electron chi connectivity index (χ2n) is 8.60. The number of ether oxygens (including phenoxy) is 2. The third-order valence-corrected chi connectivity index (χ3v) is 6.68. The number of hydrogen-bond donors (Lipinski definition) is 0. The van der Waals surface area contributed by atoms with Crippen LogP contribution in [0.15, 0.2) is 67.3 Å². The van der Waals surface area contributed by atoms with Crippen LogP contribution in [0.1, 0.15) is 35.2 Å². The van der Waals surface area contributed by atoms with E-state index in [1.807, 2.05) is 64.2 Å². The Morgan fingerprint density at radius 3 is 2.81 bits per heavy atom. The number of aromatic nitrogens is 2. The Morgan fingerprint density at radius 2 is 2.03 bits per heavy atom. The molecule has 2 fully saturated rings. The molecule has 1 atom stereocenters. The summed E-state index contributed by atoms with van der Waals surface area (Å²) in [4.78, 5) is 19.1. The zero-order valence-electron chi connectivity index (χ0n) is 17.8. The van der Waals surface area contributed by atoms with E-state index < -0.39 is 0 Å². The van der Waals surface area contributed by atoms with Gasteiger partial charge < -0.3 is 18.9 Å². The summed E-state index contributed by atoms with van der Waals surface area (Å²) in [6.07, 6.45) is 7.89. The van der Waals surface area contributed by atoms with Crippen LogP contribution in [0.4, 0.5) is 0 Å². The van der Waals surface area contributed by atoms with Crippen molar-refractivity contribution in [1.82, 2.24) is 14.5 Å². The summed E-state index contributed by atoms with van der Waals surface area (Å²) in [6, 6.07) is 15.4. The van der Waals surface area contributed by atoms with Crippen molar-refractivity contribution in [1.29, 1.82) is 0 Å². The van der Waals surface area contributed by atoms with Gasteiger partial charge in [-0.3, -0.25) is 4.79 Å². The number of rotatable bonds is 5. The molecule has 2 aliphatic heterocycles. The van der Waals surface area contributed by atoms with E-state index in [0.717, 1.165) is 30.4 Å². The molecular formula is C25H26ClN3O3. The molecule has 1 spiro atoms. The van der Waals surface area contributed by atoms with Crippen LogP contribution in [0.3, 0.4) is 0 Å². The number of amides is 1. The Labute approximate surface area is 192 Å². The number of likely N-dealkylation sites (tertiary alicyclic amines) is 1. The first-order chi connectivity index (χ1) is 15.6. The maximum atomic E-state index is 13.1. The van der Waals surface area contributed by atoms with Crippen molar-refractivity contribution in [2.75, 3.05) is 19.7 Å². The van der Waals surface area contributed by atoms with Crippen molar-refractivity contribution < 1.29 is 14.3 Å². The normalized spacial score (nSPS) is 19.9. The van der Waals surface area contributed by atoms with Crippen molar-refractivity contribution in [2.45, 2.75) is 37.5 Å². The van der Waals surface area contributed by atoms with Crippen LogP contribution < -0.4 is 4.74 Å². The summed E-state index contributed by atoms with van der Waals surface area (Å²) >= 11 is 6.23. The molecule has 3 heterocycles. The highest BCUT2D eigenvalue weighted by Gasteiger charge is 2.44. The maximum Gasteiger partial charge on any atom is 0.253 e. The zero-order chi connectivity index (χ0) is 22.0. The molecule has 0 aliphatic carbocycles. The molecule has 166 valence electrons. The van der Waals surface area contributed by atoms with Gasteiger partial charge in [0.1, 0.15) is 11.9 Å². The minimum atomic E-state index is -0.216. The largest absolute Gasteiger partial charge is 0.486 e. The minimum Gasteiger partial charge on any atom is -0.486 e. The second kappa shape index (κ2) is 8.96. The van der Waals surface area contributed by atoms with Gasteiger partial charge in [0.25, 0.3) is 5.91 Å². The Kier molecular flexibility index (Phi) is 5.89. The molecule has 5 rings (SSSR count). The molecule has 0 N–H and O–H groups in total. The molecule has 1 unspecified atom stereocenters. The maximum absolute atomic E-state index is 13.1. The molecule has 2 aromatic carbocycles. The molecule has 1 aromatic heterocycles. The number of imidazole rings is 1. The van der Waals surface area contributed by atoms with Crippen LogP contribution in [-0.4, -0.2) is 51.8 Å². The molecule has 1 amide bonds. The van der Waals surface area contributed by atoms with Gasteiger partial charge in [-0.05, 0) is 42.7 Å². The van der Waals surface area contributed by atoms with Crippen molar-refractivity contribution >= 4 is 17.5 Å². The van der Waals surface area contributed by atoms with Gasteiger partial charge in [0, 0.05) is 44.0 Å². The first-order valence-corrected chi connectivity index (χ1v) is 11.4. The van der Waals surface area contributed by atoms with Crippen molar-refractivity contribution in [2.24, 2.45) is 0 Å². The van der Waals surface area contributed by atoms with Crippen LogP contribution in [-0.2, 0) is 11.3 Å². The Morgan fingerprint density at radius 1 is 1.19 bits per heavy atom. The van der Waals surface area contributed by atoms with Gasteiger partial charge >= 0.3 is 0 Å². The Bertz CT molecular complexity index is 1080. The molecule has 0 radical (unpaired) electrons. The second-order valence-corrected chi connectivity index (χ2v) is 9.00. The fourth-order valence-corrected chi connectivity index (χ4v) is 4.82. The van der Waals surface area contributed by atoms with E-state index in [1.165, 1.54) is 0 Å². The standard InChI is InChI=1S/C25H26ClN3O3/c26-22-6-1-2-7-23(22)32-21-15-25(31-17-21)8-11-29(12-9-25)24(30)20-5-3-4-19(14-20)16-28-13-10-27-18-28/h1-7,10,13-14,18,21H,8-9,11-12,15-17H2. The molecule has 6 nitrogen and oxygen atoms in total. The summed E-state index contributed by atoms with van der Waals surface area (Å²) in [5, 5.41) is 0.615. The predicted octanol–water partition coefficient (Wildman–Crippen LogP) is 4.43. The van der Waals surface area contributed by atoms with E-state index in [0.29, 0.717) is 37.0 Å². The van der Waals surface area contributed by atoms with Gasteiger partial charge in [-0.2, -0.15) is 0 Å². The minimum absolute atomic E-state index is 0.0167. The topological polar surface area (TPSA) is 56.6 Å². The quantitative estimate of drug-likeness (QED) is 0.576. The molecule has 3 aromatic rings. The SMILES string of the molecule is O=C(c1cccc(Cn2ccnc2)c1)N1CCC2(CC1)CC(Oc1ccccc1Cl)CO2. The third-order valence-electron chi connectivity index (χ3n) is 6.37. The van der Waals surface area contributed by atoms with Crippen LogP contribution in [0, 0.1) is 0 Å². The number of carbonyl (C=O) groups is 1. The van der Waals surface area contributed by atoms with E-state index in [9.17, 15) is 4.79 Å². The lowest BCUT2D eigenvalue weighted by molar-refractivity contribution is -0.0395. The van der Waals surface area contributed by atoms with Gasteiger partial charge in [-0.1, -0.05) is 35.9 Å². The Balaban J connectivity index is 1.18. The number of benzene rings is 2. The molecule has 7 heteroatoms. The van der Waals surface area contributed by atoms with E-state index in [2.05, 4.69) is 4.98 Å². The number of halogens is 1. The Hall–Kier alpha value is -2.83. The first kappa shape index (κ1) is 21.0. The monoisotopic (exact) mass is 451 g/mol. The molecule has 2 saturated heterocycles.